The van der Waals surface area contributed by atoms with E-state index in [4.69, 9.17) is 5.73 Å². The molecule has 0 atom stereocenters. The molecule has 2 N–H and O–H groups in total. The van der Waals surface area contributed by atoms with Crippen LogP contribution >= 0.6 is 0 Å². The van der Waals surface area contributed by atoms with Crippen LogP contribution < -0.4 is 5.73 Å². The molecule has 0 spiro atoms. The fraction of sp³-hybridized carbons (Fsp3) is 0.333. The Morgan fingerprint density at radius 2 is 2.62 bits per heavy atom. The van der Waals surface area contributed by atoms with E-state index in [1.54, 1.807) is 0 Å². The van der Waals surface area contributed by atoms with E-state index in [0.717, 1.165) is 6.26 Å². The van der Waals surface area contributed by atoms with E-state index >= 15 is 0 Å². The van der Waals surface area contributed by atoms with Gasteiger partial charge in [0.05, 0.1) is 5.70 Å². The summed E-state index contributed by atoms with van der Waals surface area (Å²) in [5.74, 6) is 0. The van der Waals surface area contributed by atoms with E-state index < -0.39 is 0 Å². The first-order valence-electron chi connectivity index (χ1n) is 2.00. The fourth-order valence-electron chi connectivity index (χ4n) is 0.302. The lowest BCUT2D eigenvalue weighted by Crippen LogP contribution is -2.24. The van der Waals surface area contributed by atoms with Gasteiger partial charge in [-0.15, -0.1) is 0 Å². The largest absolute Gasteiger partial charge is 0.728 e. The van der Waals surface area contributed by atoms with Crippen LogP contribution in [0.3, 0.4) is 0 Å². The van der Waals surface area contributed by atoms with Crippen LogP contribution in [-0.4, -0.2) is 12.0 Å². The van der Waals surface area contributed by atoms with Gasteiger partial charge in [-0.25, -0.2) is 0 Å². The highest BCUT2D eigenvalue weighted by Gasteiger charge is 1.99. The van der Waals surface area contributed by atoms with Gasteiger partial charge in [-0.2, -0.15) is 0 Å². The minimum Gasteiger partial charge on any atom is -0.728 e. The third kappa shape index (κ3) is 1.09. The SMILES string of the molecule is NC1=CON([O-])OC1. The van der Waals surface area contributed by atoms with Crippen molar-refractivity contribution in [1.82, 2.24) is 5.39 Å². The van der Waals surface area contributed by atoms with Gasteiger partial charge in [0.15, 0.2) is 0 Å². The minimum atomic E-state index is -0.00361. The predicted octanol–water partition coefficient (Wildman–Crippen LogP) is -0.537. The zero-order chi connectivity index (χ0) is 5.98. The fourth-order valence-corrected chi connectivity index (χ4v) is 0.302. The number of nitrogens with zero attached hydrogens (tertiary/aromatic N) is 1. The van der Waals surface area contributed by atoms with Crippen molar-refractivity contribution in [2.45, 2.75) is 0 Å². The Hall–Kier alpha value is -0.780. The average Bonchev–Trinajstić information content (AvgIpc) is 1.77. The van der Waals surface area contributed by atoms with Gasteiger partial charge in [0.2, 0.25) is 0 Å². The summed E-state index contributed by atoms with van der Waals surface area (Å²) in [5.41, 5.74) is 5.54. The highest BCUT2D eigenvalue weighted by molar-refractivity contribution is 4.91. The van der Waals surface area contributed by atoms with E-state index in [9.17, 15) is 5.21 Å². The van der Waals surface area contributed by atoms with Gasteiger partial charge in [0.25, 0.3) is 0 Å². The Morgan fingerprint density at radius 3 is 3.00 bits per heavy atom. The topological polar surface area (TPSA) is 70.8 Å². The number of hydrogen-bond donors (Lipinski definition) is 1. The predicted molar refractivity (Wildman–Crippen MR) is 24.5 cm³/mol. The molecule has 5 heteroatoms. The standard InChI is InChI=1S/C3H5N2O3/c4-3-1-7-5(6)8-2-3/h1H,2,4H2/q-1. The highest BCUT2D eigenvalue weighted by Crippen LogP contribution is 2.00. The molecule has 1 rings (SSSR count). The zero-order valence-corrected chi connectivity index (χ0v) is 4.03. The van der Waals surface area contributed by atoms with Crippen molar-refractivity contribution in [3.05, 3.63) is 17.2 Å². The molecule has 0 aliphatic carbocycles. The highest BCUT2D eigenvalue weighted by atomic mass is 17.1. The van der Waals surface area contributed by atoms with Crippen LogP contribution in [0.25, 0.3) is 0 Å². The van der Waals surface area contributed by atoms with Crippen LogP contribution in [0.15, 0.2) is 12.0 Å². The van der Waals surface area contributed by atoms with E-state index in [0.29, 0.717) is 5.70 Å². The molecule has 0 saturated heterocycles. The number of rotatable bonds is 0. The van der Waals surface area contributed by atoms with Crippen molar-refractivity contribution < 1.29 is 9.68 Å². The van der Waals surface area contributed by atoms with Gasteiger partial charge in [-0.05, 0) is 0 Å². The first-order valence-corrected chi connectivity index (χ1v) is 2.00. The summed E-state index contributed by atoms with van der Waals surface area (Å²) in [5, 5.41) is 9.98. The molecule has 0 saturated carbocycles. The summed E-state index contributed by atoms with van der Waals surface area (Å²) < 4.78 is 0. The molecule has 0 fully saturated rings. The van der Waals surface area contributed by atoms with Crippen molar-refractivity contribution in [3.8, 4) is 0 Å². The second-order valence-corrected chi connectivity index (χ2v) is 1.30. The lowest BCUT2D eigenvalue weighted by atomic mass is 10.5. The third-order valence-corrected chi connectivity index (χ3v) is 0.627. The molecule has 0 radical (unpaired) electrons. The molecule has 0 aromatic rings. The Balaban J connectivity index is 2.42. The van der Waals surface area contributed by atoms with E-state index in [1.165, 1.54) is 0 Å². The summed E-state index contributed by atoms with van der Waals surface area (Å²) >= 11 is 0. The summed E-state index contributed by atoms with van der Waals surface area (Å²) in [6.45, 7) is 0.101. The smallest absolute Gasteiger partial charge is 0.134 e. The van der Waals surface area contributed by atoms with Gasteiger partial charge < -0.3 is 15.8 Å². The van der Waals surface area contributed by atoms with E-state index in [-0.39, 0.29) is 12.0 Å². The molecule has 8 heavy (non-hydrogen) atoms. The lowest BCUT2D eigenvalue weighted by molar-refractivity contribution is -0.315. The Bertz CT molecular complexity index is 113. The van der Waals surface area contributed by atoms with Gasteiger partial charge in [0.1, 0.15) is 12.9 Å². The molecular formula is C3H5N2O3-. The van der Waals surface area contributed by atoms with Crippen molar-refractivity contribution in [2.24, 2.45) is 5.73 Å². The van der Waals surface area contributed by atoms with Crippen LogP contribution in [-0.2, 0) is 9.68 Å². The number of hydrogen-bond acceptors (Lipinski definition) is 5. The molecule has 0 amide bonds. The average molecular weight is 117 g/mol. The van der Waals surface area contributed by atoms with Crippen molar-refractivity contribution >= 4 is 0 Å². The lowest BCUT2D eigenvalue weighted by Gasteiger charge is -2.27. The summed E-state index contributed by atoms with van der Waals surface area (Å²) in [6.07, 6.45) is 1.14. The Kier molecular flexibility index (Phi) is 1.34. The molecule has 0 unspecified atom stereocenters. The number of nitrogens with two attached hydrogens (primary N) is 1. The van der Waals surface area contributed by atoms with Crippen molar-refractivity contribution in [1.29, 1.82) is 0 Å². The zero-order valence-electron chi connectivity index (χ0n) is 4.03. The summed E-state index contributed by atoms with van der Waals surface area (Å²) in [6, 6.07) is 0. The van der Waals surface area contributed by atoms with E-state index in [2.05, 4.69) is 9.68 Å². The summed E-state index contributed by atoms with van der Waals surface area (Å²) in [4.78, 5) is 8.41. The molecule has 1 aliphatic rings. The van der Waals surface area contributed by atoms with Crippen LogP contribution in [0.1, 0.15) is 0 Å². The van der Waals surface area contributed by atoms with Crippen LogP contribution in [0.4, 0.5) is 0 Å². The second kappa shape index (κ2) is 1.99. The quantitative estimate of drug-likeness (QED) is 0.461. The maximum atomic E-state index is 9.98. The molecule has 0 aromatic heterocycles. The first kappa shape index (κ1) is 5.36. The normalized spacial score (nSPS) is 21.9. The van der Waals surface area contributed by atoms with Crippen LogP contribution in [0.5, 0.6) is 0 Å². The molecule has 1 heterocycles. The molecule has 1 aliphatic heterocycles. The second-order valence-electron chi connectivity index (χ2n) is 1.30. The molecule has 0 aromatic carbocycles. The first-order chi connectivity index (χ1) is 3.79. The van der Waals surface area contributed by atoms with Gasteiger partial charge in [-0.3, -0.25) is 4.84 Å². The van der Waals surface area contributed by atoms with Gasteiger partial charge in [0, 0.05) is 0 Å². The maximum Gasteiger partial charge on any atom is 0.134 e. The third-order valence-electron chi connectivity index (χ3n) is 0.627. The van der Waals surface area contributed by atoms with Crippen LogP contribution in [0.2, 0.25) is 0 Å². The van der Waals surface area contributed by atoms with Crippen molar-refractivity contribution in [3.63, 3.8) is 0 Å². The Morgan fingerprint density at radius 1 is 1.88 bits per heavy atom. The monoisotopic (exact) mass is 117 g/mol. The maximum absolute atomic E-state index is 9.98. The molecule has 5 nitrogen and oxygen atoms in total. The Labute approximate surface area is 45.8 Å². The van der Waals surface area contributed by atoms with Gasteiger partial charge >= 0.3 is 0 Å². The van der Waals surface area contributed by atoms with E-state index in [1.807, 2.05) is 0 Å². The minimum absolute atomic E-state index is 0.00361. The molecule has 0 bridgehead atoms. The molecular weight excluding hydrogens is 112 g/mol. The van der Waals surface area contributed by atoms with Gasteiger partial charge in [-0.1, -0.05) is 5.39 Å². The van der Waals surface area contributed by atoms with Crippen LogP contribution in [0, 0.1) is 5.21 Å². The molecule has 46 valence electrons. The van der Waals surface area contributed by atoms with Crippen molar-refractivity contribution in [2.75, 3.05) is 6.61 Å². The summed E-state index contributed by atoms with van der Waals surface area (Å²) in [7, 11) is 0.